The van der Waals surface area contributed by atoms with Gasteiger partial charge in [-0.05, 0) is 36.8 Å². The molecule has 2 aromatic carbocycles. The molecule has 0 radical (unpaired) electrons. The van der Waals surface area contributed by atoms with Crippen LogP contribution in [0.25, 0.3) is 0 Å². The van der Waals surface area contributed by atoms with Crippen LogP contribution >= 0.6 is 11.8 Å². The number of carbonyl (C=O) groups excluding carboxylic acids is 2. The molecule has 1 unspecified atom stereocenters. The summed E-state index contributed by atoms with van der Waals surface area (Å²) in [5.74, 6) is -0.681. The summed E-state index contributed by atoms with van der Waals surface area (Å²) < 4.78 is 14.6. The van der Waals surface area contributed by atoms with Crippen molar-refractivity contribution >= 4 is 40.6 Å². The van der Waals surface area contributed by atoms with Gasteiger partial charge in [-0.15, -0.1) is 10.2 Å². The van der Waals surface area contributed by atoms with Gasteiger partial charge in [0.15, 0.2) is 5.16 Å². The number of thioether (sulfide) groups is 1. The SMILES string of the molecule is CCC(Sc1nnc(CC(=O)Nc2ccc(F)cc2)n1C)C(=O)Nc1cccc([N+](=O)[O-])c1. The number of non-ortho nitro benzene ring substituents is 1. The van der Waals surface area contributed by atoms with Crippen molar-refractivity contribution in [3.63, 3.8) is 0 Å². The Bertz CT molecular complexity index is 1170. The maximum atomic E-state index is 13.0. The molecular formula is C21H21FN6O4S. The summed E-state index contributed by atoms with van der Waals surface area (Å²) in [6, 6.07) is 11.1. The number of carbonyl (C=O) groups is 2. The summed E-state index contributed by atoms with van der Waals surface area (Å²) in [6.45, 7) is 1.83. The predicted octanol–water partition coefficient (Wildman–Crippen LogP) is 3.55. The average Bonchev–Trinajstić information content (AvgIpc) is 3.12. The molecule has 2 N–H and O–H groups in total. The Morgan fingerprint density at radius 1 is 1.15 bits per heavy atom. The molecule has 1 aromatic heterocycles. The van der Waals surface area contributed by atoms with Crippen LogP contribution in [0.4, 0.5) is 21.5 Å². The molecule has 0 bridgehead atoms. The molecule has 12 heteroatoms. The highest BCUT2D eigenvalue weighted by molar-refractivity contribution is 8.00. The first-order valence-corrected chi connectivity index (χ1v) is 10.8. The van der Waals surface area contributed by atoms with Crippen LogP contribution in [-0.2, 0) is 23.1 Å². The maximum absolute atomic E-state index is 13.0. The minimum Gasteiger partial charge on any atom is -0.326 e. The Morgan fingerprint density at radius 2 is 1.88 bits per heavy atom. The molecule has 1 atom stereocenters. The summed E-state index contributed by atoms with van der Waals surface area (Å²) in [5, 5.41) is 24.3. The maximum Gasteiger partial charge on any atom is 0.271 e. The Morgan fingerprint density at radius 3 is 2.55 bits per heavy atom. The lowest BCUT2D eigenvalue weighted by atomic mass is 10.2. The van der Waals surface area contributed by atoms with Crippen LogP contribution in [0, 0.1) is 15.9 Å². The molecule has 3 aromatic rings. The van der Waals surface area contributed by atoms with E-state index >= 15 is 0 Å². The number of anilines is 2. The number of benzene rings is 2. The molecular weight excluding hydrogens is 451 g/mol. The lowest BCUT2D eigenvalue weighted by molar-refractivity contribution is -0.384. The van der Waals surface area contributed by atoms with Crippen molar-refractivity contribution in [2.24, 2.45) is 7.05 Å². The minimum absolute atomic E-state index is 0.0574. The molecule has 10 nitrogen and oxygen atoms in total. The van der Waals surface area contributed by atoms with Crippen LogP contribution in [0.3, 0.4) is 0 Å². The quantitative estimate of drug-likeness (QED) is 0.276. The molecule has 0 spiro atoms. The van der Waals surface area contributed by atoms with Crippen molar-refractivity contribution in [2.75, 3.05) is 10.6 Å². The fourth-order valence-corrected chi connectivity index (χ4v) is 3.79. The van der Waals surface area contributed by atoms with Crippen LogP contribution in [0.15, 0.2) is 53.7 Å². The number of rotatable bonds is 9. The first-order chi connectivity index (χ1) is 15.8. The average molecular weight is 473 g/mol. The molecule has 0 saturated heterocycles. The first kappa shape index (κ1) is 23.9. The van der Waals surface area contributed by atoms with Crippen molar-refractivity contribution < 1.29 is 18.9 Å². The Hall–Kier alpha value is -3.80. The van der Waals surface area contributed by atoms with Gasteiger partial charge in [0, 0.05) is 30.6 Å². The van der Waals surface area contributed by atoms with Gasteiger partial charge in [0.2, 0.25) is 11.8 Å². The van der Waals surface area contributed by atoms with E-state index in [0.29, 0.717) is 28.8 Å². The molecule has 33 heavy (non-hydrogen) atoms. The van der Waals surface area contributed by atoms with Gasteiger partial charge in [0.05, 0.1) is 16.6 Å². The van der Waals surface area contributed by atoms with Crippen LogP contribution in [0.2, 0.25) is 0 Å². The summed E-state index contributed by atoms with van der Waals surface area (Å²) in [6.07, 6.45) is 0.413. The normalized spacial score (nSPS) is 11.6. The van der Waals surface area contributed by atoms with E-state index < -0.39 is 16.0 Å². The number of nitro groups is 1. The van der Waals surface area contributed by atoms with Gasteiger partial charge in [-0.2, -0.15) is 0 Å². The molecule has 3 rings (SSSR count). The van der Waals surface area contributed by atoms with Crippen LogP contribution in [0.1, 0.15) is 19.2 Å². The number of nitro benzene ring substituents is 1. The number of amides is 2. The monoisotopic (exact) mass is 472 g/mol. The summed E-state index contributed by atoms with van der Waals surface area (Å²) in [7, 11) is 1.69. The number of nitrogens with zero attached hydrogens (tertiary/aromatic N) is 4. The number of hydrogen-bond donors (Lipinski definition) is 2. The summed E-state index contributed by atoms with van der Waals surface area (Å²) in [5.41, 5.74) is 0.664. The summed E-state index contributed by atoms with van der Waals surface area (Å²) >= 11 is 1.18. The third kappa shape index (κ3) is 6.35. The van der Waals surface area contributed by atoms with E-state index in [9.17, 15) is 24.1 Å². The second-order valence-corrected chi connectivity index (χ2v) is 8.17. The largest absolute Gasteiger partial charge is 0.326 e. The smallest absolute Gasteiger partial charge is 0.271 e. The lowest BCUT2D eigenvalue weighted by Crippen LogP contribution is -2.25. The van der Waals surface area contributed by atoms with E-state index in [1.807, 2.05) is 6.92 Å². The molecule has 0 aliphatic heterocycles. The fraction of sp³-hybridized carbons (Fsp3) is 0.238. The van der Waals surface area contributed by atoms with Gasteiger partial charge in [-0.3, -0.25) is 19.7 Å². The molecule has 0 aliphatic rings. The van der Waals surface area contributed by atoms with Gasteiger partial charge >= 0.3 is 0 Å². The lowest BCUT2D eigenvalue weighted by Gasteiger charge is -2.14. The second-order valence-electron chi connectivity index (χ2n) is 7.00. The van der Waals surface area contributed by atoms with E-state index in [4.69, 9.17) is 0 Å². The molecule has 1 heterocycles. The highest BCUT2D eigenvalue weighted by Crippen LogP contribution is 2.26. The van der Waals surface area contributed by atoms with E-state index in [1.165, 1.54) is 54.2 Å². The molecule has 2 amide bonds. The third-order valence-electron chi connectivity index (χ3n) is 4.61. The topological polar surface area (TPSA) is 132 Å². The summed E-state index contributed by atoms with van der Waals surface area (Å²) in [4.78, 5) is 35.4. The van der Waals surface area contributed by atoms with Crippen LogP contribution < -0.4 is 10.6 Å². The number of aromatic nitrogens is 3. The second kappa shape index (κ2) is 10.7. The van der Waals surface area contributed by atoms with Crippen LogP contribution in [0.5, 0.6) is 0 Å². The van der Waals surface area contributed by atoms with Crippen molar-refractivity contribution in [3.05, 3.63) is 70.3 Å². The zero-order chi connectivity index (χ0) is 24.0. The highest BCUT2D eigenvalue weighted by Gasteiger charge is 2.23. The number of halogens is 1. The van der Waals surface area contributed by atoms with Crippen molar-refractivity contribution in [2.45, 2.75) is 30.2 Å². The minimum atomic E-state index is -0.534. The predicted molar refractivity (Wildman–Crippen MR) is 121 cm³/mol. The Kier molecular flexibility index (Phi) is 7.72. The Labute approximate surface area is 192 Å². The third-order valence-corrected chi connectivity index (χ3v) is 6.01. The first-order valence-electron chi connectivity index (χ1n) is 9.92. The van der Waals surface area contributed by atoms with Gasteiger partial charge in [-0.1, -0.05) is 24.8 Å². The van der Waals surface area contributed by atoms with Gasteiger partial charge in [0.25, 0.3) is 5.69 Å². The zero-order valence-corrected chi connectivity index (χ0v) is 18.6. The Balaban J connectivity index is 1.63. The molecule has 0 saturated carbocycles. The highest BCUT2D eigenvalue weighted by atomic mass is 32.2. The van der Waals surface area contributed by atoms with E-state index in [-0.39, 0.29) is 23.9 Å². The van der Waals surface area contributed by atoms with E-state index in [2.05, 4.69) is 20.8 Å². The van der Waals surface area contributed by atoms with Gasteiger partial charge in [0.1, 0.15) is 11.6 Å². The van der Waals surface area contributed by atoms with Gasteiger partial charge in [-0.25, -0.2) is 4.39 Å². The standard InChI is InChI=1S/C21H21FN6O4S/c1-3-17(20(30)24-15-5-4-6-16(11-15)28(31)32)33-21-26-25-18(27(21)2)12-19(29)23-14-9-7-13(22)8-10-14/h4-11,17H,3,12H2,1-2H3,(H,23,29)(H,24,30). The van der Waals surface area contributed by atoms with Gasteiger partial charge < -0.3 is 15.2 Å². The van der Waals surface area contributed by atoms with Crippen molar-refractivity contribution in [1.82, 2.24) is 14.8 Å². The van der Waals surface area contributed by atoms with E-state index in [1.54, 1.807) is 17.7 Å². The fourth-order valence-electron chi connectivity index (χ4n) is 2.85. The molecule has 0 aliphatic carbocycles. The zero-order valence-electron chi connectivity index (χ0n) is 17.8. The number of hydrogen-bond acceptors (Lipinski definition) is 7. The molecule has 0 fully saturated rings. The van der Waals surface area contributed by atoms with Crippen LogP contribution in [-0.4, -0.2) is 36.8 Å². The van der Waals surface area contributed by atoms with Crippen molar-refractivity contribution in [1.29, 1.82) is 0 Å². The van der Waals surface area contributed by atoms with Crippen molar-refractivity contribution in [3.8, 4) is 0 Å². The van der Waals surface area contributed by atoms with E-state index in [0.717, 1.165) is 0 Å². The number of nitrogens with one attached hydrogen (secondary N) is 2. The molecule has 172 valence electrons.